The smallest absolute Gasteiger partial charge is 0.174 e. The Morgan fingerprint density at radius 1 is 0.570 bits per heavy atom. The number of carbonyl (C=O) groups is 2. The van der Waals surface area contributed by atoms with E-state index in [4.69, 9.17) is 50.5 Å². The van der Waals surface area contributed by atoms with Crippen molar-refractivity contribution in [1.82, 2.24) is 14.7 Å². The average Bonchev–Trinajstić information content (AvgIpc) is 3.67. The lowest BCUT2D eigenvalue weighted by Gasteiger charge is -2.42. The first-order valence-corrected chi connectivity index (χ1v) is 27.6. The lowest BCUT2D eigenvalue weighted by molar-refractivity contribution is -0.121. The number of aromatic hydroxyl groups is 2. The molecule has 7 aliphatic rings. The van der Waals surface area contributed by atoms with Crippen LogP contribution in [0.1, 0.15) is 96.0 Å². The summed E-state index contributed by atoms with van der Waals surface area (Å²) in [4.78, 5) is 30.8. The first kappa shape index (κ1) is 53.8. The van der Waals surface area contributed by atoms with E-state index in [1.54, 1.807) is 42.7 Å². The van der Waals surface area contributed by atoms with Crippen molar-refractivity contribution in [2.24, 2.45) is 0 Å². The zero-order valence-corrected chi connectivity index (χ0v) is 46.6. The van der Waals surface area contributed by atoms with E-state index in [2.05, 4.69) is 45.0 Å². The second-order valence-electron chi connectivity index (χ2n) is 21.4. The molecule has 4 N–H and O–H groups in total. The number of nitrogens with zero attached hydrogens (tertiary/aromatic N) is 3. The van der Waals surface area contributed by atoms with Crippen molar-refractivity contribution < 1.29 is 53.0 Å². The van der Waals surface area contributed by atoms with Crippen LogP contribution in [0, 0.1) is 0 Å². The Balaban J connectivity index is 0.000000126. The molecule has 15 nitrogen and oxygen atoms in total. The third-order valence-corrected chi connectivity index (χ3v) is 17.5. The minimum atomic E-state index is -0.0815. The van der Waals surface area contributed by atoms with E-state index in [9.17, 15) is 19.8 Å². The van der Waals surface area contributed by atoms with Crippen LogP contribution < -0.4 is 38.9 Å². The van der Waals surface area contributed by atoms with Crippen molar-refractivity contribution >= 4 is 28.9 Å². The van der Waals surface area contributed by atoms with E-state index in [-0.39, 0.29) is 54.1 Å². The molecule has 0 saturated carbocycles. The zero-order chi connectivity index (χ0) is 55.2. The molecule has 0 bridgehead atoms. The number of ketones is 2. The molecule has 79 heavy (non-hydrogen) atoms. The van der Waals surface area contributed by atoms with Crippen molar-refractivity contribution in [2.75, 3.05) is 80.5 Å². The normalized spacial score (nSPS) is 19.3. The molecule has 0 amide bonds. The van der Waals surface area contributed by atoms with Gasteiger partial charge in [0.1, 0.15) is 23.9 Å². The average molecular weight is 1090 g/mol. The largest absolute Gasteiger partial charge is 0.508 e. The van der Waals surface area contributed by atoms with Crippen LogP contribution in [0.15, 0.2) is 72.8 Å². The number of phenolic OH excluding ortho intramolecular Hbond substituents is 2. The number of nitrogen functional groups attached to an aromatic ring is 1. The van der Waals surface area contributed by atoms with Crippen LogP contribution in [-0.2, 0) is 80.6 Å². The predicted octanol–water partition coefficient (Wildman–Crippen LogP) is 8.93. The van der Waals surface area contributed by atoms with Crippen molar-refractivity contribution in [1.29, 1.82) is 0 Å². The highest BCUT2D eigenvalue weighted by molar-refractivity contribution is 6.27. The molecule has 3 atom stereocenters. The molecule has 0 saturated heterocycles. The number of ether oxygens (including phenoxy) is 7. The Hall–Kier alpha value is -7.17. The fourth-order valence-corrected chi connectivity index (χ4v) is 13.4. The molecule has 7 heterocycles. The molecule has 0 fully saturated rings. The summed E-state index contributed by atoms with van der Waals surface area (Å²) in [6.07, 6.45) is 6.19. The van der Waals surface area contributed by atoms with Gasteiger partial charge in [0.25, 0.3) is 0 Å². The van der Waals surface area contributed by atoms with Gasteiger partial charge in [-0.1, -0.05) is 30.3 Å². The van der Waals surface area contributed by atoms with Gasteiger partial charge in [0.15, 0.2) is 46.1 Å². The molecule has 3 unspecified atom stereocenters. The van der Waals surface area contributed by atoms with E-state index in [1.165, 1.54) is 61.2 Å². The van der Waals surface area contributed by atoms with Crippen molar-refractivity contribution in [3.8, 4) is 51.7 Å². The van der Waals surface area contributed by atoms with Crippen LogP contribution >= 0.6 is 11.6 Å². The summed E-state index contributed by atoms with van der Waals surface area (Å²) in [6, 6.07) is 25.1. The van der Waals surface area contributed by atoms with E-state index < -0.39 is 0 Å². The molecule has 0 spiro atoms. The summed E-state index contributed by atoms with van der Waals surface area (Å²) in [5.74, 6) is 6.09. The van der Waals surface area contributed by atoms with Gasteiger partial charge < -0.3 is 49.1 Å². The van der Waals surface area contributed by atoms with Gasteiger partial charge in [-0.15, -0.1) is 11.6 Å². The molecule has 13 rings (SSSR count). The monoisotopic (exact) mass is 1090 g/mol. The first-order valence-electron chi connectivity index (χ1n) is 27.1. The molecular formula is C63H69ClN4O11. The number of methoxy groups -OCH3 is 6. The molecule has 16 heteroatoms. The van der Waals surface area contributed by atoms with Crippen LogP contribution in [0.3, 0.4) is 0 Å². The van der Waals surface area contributed by atoms with E-state index in [1.807, 2.05) is 42.5 Å². The summed E-state index contributed by atoms with van der Waals surface area (Å²) < 4.78 is 39.0. The third-order valence-electron chi connectivity index (χ3n) is 17.2. The molecular weight excluding hydrogens is 1020 g/mol. The number of nitrogens with two attached hydrogens (primary N) is 1. The molecule has 7 aliphatic heterocycles. The number of Topliss-reactive ketones (excluding diaryl/α,β-unsaturated/α-hetero) is 2. The minimum Gasteiger partial charge on any atom is -0.508 e. The van der Waals surface area contributed by atoms with E-state index in [0.29, 0.717) is 23.7 Å². The van der Waals surface area contributed by atoms with Crippen LogP contribution in [0.2, 0.25) is 0 Å². The Kier molecular flexibility index (Phi) is 15.3. The van der Waals surface area contributed by atoms with Crippen molar-refractivity contribution in [2.45, 2.75) is 89.1 Å². The summed E-state index contributed by atoms with van der Waals surface area (Å²) in [7, 11) is 10.1. The number of carbonyl (C=O) groups excluding carboxylic acids is 2. The lowest BCUT2D eigenvalue weighted by Crippen LogP contribution is -2.39. The maximum atomic E-state index is 11.7. The Labute approximate surface area is 466 Å². The van der Waals surface area contributed by atoms with E-state index >= 15 is 0 Å². The van der Waals surface area contributed by atoms with Gasteiger partial charge in [0.05, 0.1) is 54.2 Å². The van der Waals surface area contributed by atoms with Gasteiger partial charge in [0, 0.05) is 98.1 Å². The number of benzene rings is 6. The molecule has 6 aromatic carbocycles. The number of rotatable bonds is 9. The Morgan fingerprint density at radius 3 is 1.44 bits per heavy atom. The molecule has 0 aliphatic carbocycles. The third kappa shape index (κ3) is 10.1. The van der Waals surface area contributed by atoms with Gasteiger partial charge in [-0.05, 0) is 131 Å². The van der Waals surface area contributed by atoms with E-state index in [0.717, 1.165) is 129 Å². The standard InChI is InChI=1S/C22H24ClNO4.C22H23NO4.C19H22N2O3/c1-27-21-4-3-13-9-19-17-10-20(26)15(8-16(25)11-23)7-14(17)5-6-24(19)12-18(13)22(21)28-2;1-25-20-4-3-13-9-19-17-10-21-15(8-16(24)12-27-21)7-14(17)5-6-23(19)11-18(13)22(20)26-2;1-23-18-4-3-11-8-16-13-9-17(22)15(20)7-12(13)5-6-21(16)10-14(11)19(18)24-2/h3-4,7,10,19,26H,5-6,8-9,11-12H2,1-2H3;3-4,7,10,19H,5-6,8-9,11-12H2,1-2H3;3-4,7,9,16,22H,5-6,8,10,20H2,1-2H3. The quantitative estimate of drug-likeness (QED) is 0.0711. The number of hydrogen-bond acceptors (Lipinski definition) is 15. The maximum Gasteiger partial charge on any atom is 0.174 e. The van der Waals surface area contributed by atoms with Crippen LogP contribution in [0.25, 0.3) is 0 Å². The number of halogens is 1. The van der Waals surface area contributed by atoms with Crippen LogP contribution in [0.4, 0.5) is 5.69 Å². The summed E-state index contributed by atoms with van der Waals surface area (Å²) >= 11 is 5.63. The van der Waals surface area contributed by atoms with Crippen molar-refractivity contribution in [3.63, 3.8) is 0 Å². The minimum absolute atomic E-state index is 0.0327. The predicted molar refractivity (Wildman–Crippen MR) is 301 cm³/mol. The first-order chi connectivity index (χ1) is 38.3. The van der Waals surface area contributed by atoms with Gasteiger partial charge in [-0.2, -0.15) is 0 Å². The molecule has 0 radical (unpaired) electrons. The molecule has 414 valence electrons. The fraction of sp³-hybridized carbons (Fsp3) is 0.397. The SMILES string of the molecule is COc1ccc2c(c1OC)CN1CCc3cc(CC(=O)CCl)c(O)cc3C1C2.COc1ccc2c(c1OC)CN1CCc3cc(N)c(O)cc3C1C2.COc1ccc2c(c1OC)CN1CCc3cc4c(cc3C1C2)OCC(=O)C4. The van der Waals surface area contributed by atoms with Crippen LogP contribution in [-0.4, -0.2) is 111 Å². The van der Waals surface area contributed by atoms with Crippen molar-refractivity contribution in [3.05, 3.63) is 151 Å². The highest BCUT2D eigenvalue weighted by atomic mass is 35.5. The summed E-state index contributed by atoms with van der Waals surface area (Å²) in [5.41, 5.74) is 23.0. The van der Waals surface area contributed by atoms with Gasteiger partial charge in [-0.25, -0.2) is 0 Å². The van der Waals surface area contributed by atoms with Gasteiger partial charge >= 0.3 is 0 Å². The number of phenols is 2. The van der Waals surface area contributed by atoms with Crippen LogP contribution in [0.5, 0.6) is 51.7 Å². The lowest BCUT2D eigenvalue weighted by atomic mass is 9.82. The molecule has 0 aromatic heterocycles. The number of alkyl halides is 1. The fourth-order valence-electron chi connectivity index (χ4n) is 13.3. The number of hydrogen-bond donors (Lipinski definition) is 3. The zero-order valence-electron chi connectivity index (χ0n) is 45.8. The highest BCUT2D eigenvalue weighted by Crippen LogP contribution is 2.49. The second kappa shape index (κ2) is 22.5. The number of anilines is 1. The Morgan fingerprint density at radius 2 is 1.00 bits per heavy atom. The maximum absolute atomic E-state index is 11.7. The highest BCUT2D eigenvalue weighted by Gasteiger charge is 2.38. The topological polar surface area (TPSA) is 175 Å². The van der Waals surface area contributed by atoms with Gasteiger partial charge in [0.2, 0.25) is 0 Å². The Bertz CT molecular complexity index is 3360. The van der Waals surface area contributed by atoms with Gasteiger partial charge in [-0.3, -0.25) is 24.3 Å². The number of fused-ring (bicyclic) bond motifs is 13. The summed E-state index contributed by atoms with van der Waals surface area (Å²) in [5, 5.41) is 20.5. The summed E-state index contributed by atoms with van der Waals surface area (Å²) in [6.45, 7) is 5.56. The molecule has 6 aromatic rings. The second-order valence-corrected chi connectivity index (χ2v) is 21.7.